The lowest BCUT2D eigenvalue weighted by Crippen LogP contribution is -2.49. The van der Waals surface area contributed by atoms with Gasteiger partial charge in [-0.2, -0.15) is 4.98 Å². The van der Waals surface area contributed by atoms with Gasteiger partial charge in [0.1, 0.15) is 10.7 Å². The number of nitrogens with zero attached hydrogens (tertiary/aromatic N) is 6. The number of aryl methyl sites for hydroxylation is 1. The Morgan fingerprint density at radius 3 is 2.43 bits per heavy atom. The monoisotopic (exact) mass is 386 g/mol. The summed E-state index contributed by atoms with van der Waals surface area (Å²) in [6.45, 7) is 6.15. The van der Waals surface area contributed by atoms with Crippen molar-refractivity contribution in [1.82, 2.24) is 14.9 Å². The zero-order valence-corrected chi connectivity index (χ0v) is 15.7. The summed E-state index contributed by atoms with van der Waals surface area (Å²) in [6, 6.07) is 4.56. The van der Waals surface area contributed by atoms with E-state index in [0.29, 0.717) is 32.1 Å². The van der Waals surface area contributed by atoms with Gasteiger partial charge in [-0.3, -0.25) is 14.9 Å². The fraction of sp³-hybridized carbons (Fsp3) is 0.500. The maximum Gasteiger partial charge on any atom is 0.433 e. The third kappa shape index (κ3) is 3.62. The number of aromatic nitrogens is 2. The number of carbonyl (C=O) groups is 1. The molecule has 0 aromatic carbocycles. The minimum absolute atomic E-state index is 0.0109. The second kappa shape index (κ2) is 7.45. The molecule has 2 saturated heterocycles. The van der Waals surface area contributed by atoms with Crippen molar-refractivity contribution >= 4 is 23.6 Å². The van der Waals surface area contributed by atoms with Gasteiger partial charge in [-0.25, -0.2) is 4.98 Å². The molecule has 0 N–H and O–H groups in total. The number of piperazine rings is 1. The van der Waals surface area contributed by atoms with Crippen LogP contribution < -0.4 is 9.80 Å². The van der Waals surface area contributed by atoms with Crippen LogP contribution in [0.4, 0.5) is 17.7 Å². The van der Waals surface area contributed by atoms with Crippen LogP contribution in [-0.4, -0.2) is 65.0 Å². The van der Waals surface area contributed by atoms with Crippen molar-refractivity contribution in [2.45, 2.75) is 19.8 Å². The van der Waals surface area contributed by atoms with Crippen LogP contribution in [0.1, 0.15) is 29.1 Å². The number of carbonyl (C=O) groups excluding carboxylic acids is 1. The van der Waals surface area contributed by atoms with E-state index < -0.39 is 10.8 Å². The second-order valence-corrected chi connectivity index (χ2v) is 7.04. The van der Waals surface area contributed by atoms with E-state index in [1.165, 1.54) is 25.0 Å². The molecule has 0 bridgehead atoms. The first-order chi connectivity index (χ1) is 13.5. The van der Waals surface area contributed by atoms with Gasteiger partial charge in [0.2, 0.25) is 5.95 Å². The van der Waals surface area contributed by atoms with E-state index in [4.69, 9.17) is 9.40 Å². The molecule has 2 aromatic heterocycles. The zero-order valence-electron chi connectivity index (χ0n) is 15.7. The molecule has 10 heteroatoms. The van der Waals surface area contributed by atoms with E-state index >= 15 is 0 Å². The predicted octanol–water partition coefficient (Wildman–Crippen LogP) is 1.85. The first kappa shape index (κ1) is 18.2. The Labute approximate surface area is 161 Å². The number of anilines is 2. The maximum absolute atomic E-state index is 12.5. The lowest BCUT2D eigenvalue weighted by Gasteiger charge is -2.34. The highest BCUT2D eigenvalue weighted by Crippen LogP contribution is 2.23. The zero-order chi connectivity index (χ0) is 19.7. The summed E-state index contributed by atoms with van der Waals surface area (Å²) >= 11 is 0. The van der Waals surface area contributed by atoms with Gasteiger partial charge in [0.15, 0.2) is 5.76 Å². The third-order valence-corrected chi connectivity index (χ3v) is 5.09. The summed E-state index contributed by atoms with van der Waals surface area (Å²) < 4.78 is 5.03. The molecule has 10 nitrogen and oxygen atoms in total. The minimum atomic E-state index is -0.651. The van der Waals surface area contributed by atoms with Crippen LogP contribution in [0.25, 0.3) is 0 Å². The van der Waals surface area contributed by atoms with Crippen LogP contribution in [0.3, 0.4) is 0 Å². The van der Waals surface area contributed by atoms with Gasteiger partial charge >= 0.3 is 5.88 Å². The van der Waals surface area contributed by atoms with Gasteiger partial charge in [0, 0.05) is 51.0 Å². The van der Waals surface area contributed by atoms with Crippen molar-refractivity contribution in [3.63, 3.8) is 0 Å². The van der Waals surface area contributed by atoms with Crippen LogP contribution in [-0.2, 0) is 0 Å². The molecule has 1 amide bonds. The summed E-state index contributed by atoms with van der Waals surface area (Å²) in [4.78, 5) is 37.9. The lowest BCUT2D eigenvalue weighted by molar-refractivity contribution is -0.402. The van der Waals surface area contributed by atoms with E-state index in [1.54, 1.807) is 4.90 Å². The molecule has 4 heterocycles. The number of furan rings is 1. The molecule has 2 aromatic rings. The Bertz CT molecular complexity index is 884. The highest BCUT2D eigenvalue weighted by Gasteiger charge is 2.27. The minimum Gasteiger partial charge on any atom is -0.395 e. The van der Waals surface area contributed by atoms with Crippen molar-refractivity contribution in [3.05, 3.63) is 39.8 Å². The normalized spacial score (nSPS) is 17.2. The first-order valence-corrected chi connectivity index (χ1v) is 9.40. The number of rotatable bonds is 4. The summed E-state index contributed by atoms with van der Waals surface area (Å²) in [5.74, 6) is 0.868. The second-order valence-electron chi connectivity index (χ2n) is 7.04. The Kier molecular flexibility index (Phi) is 4.84. The van der Waals surface area contributed by atoms with Crippen LogP contribution in [0.5, 0.6) is 0 Å². The van der Waals surface area contributed by atoms with Gasteiger partial charge in [-0.15, -0.1) is 0 Å². The van der Waals surface area contributed by atoms with Crippen molar-refractivity contribution in [1.29, 1.82) is 0 Å². The Balaban J connectivity index is 1.42. The van der Waals surface area contributed by atoms with E-state index in [1.807, 2.05) is 13.0 Å². The first-order valence-electron chi connectivity index (χ1n) is 9.40. The molecule has 2 aliphatic heterocycles. The fourth-order valence-corrected chi connectivity index (χ4v) is 3.59. The standard InChI is InChI=1S/C18H22N6O4/c1-13-12-15(21-6-2-3-7-21)20-18(19-13)23-10-8-22(9-11-23)17(25)14-4-5-16(28-14)24(26)27/h4-5,12H,2-3,6-11H2,1H3. The van der Waals surface area contributed by atoms with Crippen molar-refractivity contribution in [2.24, 2.45) is 0 Å². The van der Waals surface area contributed by atoms with E-state index in [-0.39, 0.29) is 11.7 Å². The number of amides is 1. The predicted molar refractivity (Wildman–Crippen MR) is 102 cm³/mol. The third-order valence-electron chi connectivity index (χ3n) is 5.09. The van der Waals surface area contributed by atoms with E-state index in [0.717, 1.165) is 24.6 Å². The van der Waals surface area contributed by atoms with Crippen LogP contribution >= 0.6 is 0 Å². The molecule has 0 unspecified atom stereocenters. The average Bonchev–Trinajstić information content (AvgIpc) is 3.39. The SMILES string of the molecule is Cc1cc(N2CCCC2)nc(N2CCN(C(=O)c3ccc([N+](=O)[O-])o3)CC2)n1. The molecule has 28 heavy (non-hydrogen) atoms. The summed E-state index contributed by atoms with van der Waals surface area (Å²) in [7, 11) is 0. The molecule has 0 atom stereocenters. The van der Waals surface area contributed by atoms with Gasteiger partial charge in [0.25, 0.3) is 5.91 Å². The van der Waals surface area contributed by atoms with Crippen molar-refractivity contribution in [3.8, 4) is 0 Å². The van der Waals surface area contributed by atoms with Gasteiger partial charge in [-0.1, -0.05) is 0 Å². The van der Waals surface area contributed by atoms with Gasteiger partial charge < -0.3 is 19.1 Å². The maximum atomic E-state index is 12.5. The molecule has 0 radical (unpaired) electrons. The molecular weight excluding hydrogens is 364 g/mol. The van der Waals surface area contributed by atoms with Gasteiger partial charge in [-0.05, 0) is 25.8 Å². The Morgan fingerprint density at radius 1 is 1.07 bits per heavy atom. The quantitative estimate of drug-likeness (QED) is 0.578. The van der Waals surface area contributed by atoms with Crippen LogP contribution in [0.2, 0.25) is 0 Å². The highest BCUT2D eigenvalue weighted by molar-refractivity contribution is 5.92. The molecule has 0 saturated carbocycles. The Hall–Kier alpha value is -3.17. The molecule has 2 fully saturated rings. The van der Waals surface area contributed by atoms with Crippen molar-refractivity contribution in [2.75, 3.05) is 49.1 Å². The molecule has 0 aliphatic carbocycles. The van der Waals surface area contributed by atoms with Gasteiger partial charge in [0.05, 0.1) is 6.07 Å². The summed E-state index contributed by atoms with van der Waals surface area (Å²) in [5, 5.41) is 10.7. The smallest absolute Gasteiger partial charge is 0.395 e. The molecule has 148 valence electrons. The number of hydrogen-bond acceptors (Lipinski definition) is 8. The van der Waals surface area contributed by atoms with Crippen LogP contribution in [0.15, 0.2) is 22.6 Å². The van der Waals surface area contributed by atoms with Crippen LogP contribution in [0, 0.1) is 17.0 Å². The fourth-order valence-electron chi connectivity index (χ4n) is 3.59. The average molecular weight is 386 g/mol. The largest absolute Gasteiger partial charge is 0.433 e. The molecule has 0 spiro atoms. The topological polar surface area (TPSA) is 109 Å². The number of hydrogen-bond donors (Lipinski definition) is 0. The molecular formula is C18H22N6O4. The Morgan fingerprint density at radius 2 is 1.79 bits per heavy atom. The molecule has 4 rings (SSSR count). The van der Waals surface area contributed by atoms with E-state index in [9.17, 15) is 14.9 Å². The summed E-state index contributed by atoms with van der Waals surface area (Å²) in [6.07, 6.45) is 2.37. The lowest BCUT2D eigenvalue weighted by atomic mass is 10.3. The van der Waals surface area contributed by atoms with Crippen molar-refractivity contribution < 1.29 is 14.1 Å². The summed E-state index contributed by atoms with van der Waals surface area (Å²) in [5.41, 5.74) is 0.924. The van der Waals surface area contributed by atoms with E-state index in [2.05, 4.69) is 14.8 Å². The highest BCUT2D eigenvalue weighted by atomic mass is 16.6. The number of nitro groups is 1. The molecule has 2 aliphatic rings.